The minimum Gasteiger partial charge on any atom is -0.305 e. The molecular formula is C13H13F2N3O. The van der Waals surface area contributed by atoms with E-state index in [0.717, 1.165) is 11.3 Å². The first kappa shape index (κ1) is 13.2. The quantitative estimate of drug-likeness (QED) is 0.877. The van der Waals surface area contributed by atoms with E-state index in [1.165, 1.54) is 13.0 Å². The van der Waals surface area contributed by atoms with E-state index in [0.29, 0.717) is 11.9 Å². The maximum absolute atomic E-state index is 13.6. The topological polar surface area (TPSA) is 57.8 Å². The van der Waals surface area contributed by atoms with Crippen molar-refractivity contribution >= 4 is 11.7 Å². The molecule has 100 valence electrons. The molecule has 1 aromatic carbocycles. The van der Waals surface area contributed by atoms with E-state index in [1.54, 1.807) is 13.8 Å². The monoisotopic (exact) mass is 265 g/mol. The highest BCUT2D eigenvalue weighted by Crippen LogP contribution is 2.18. The predicted molar refractivity (Wildman–Crippen MR) is 67.1 cm³/mol. The van der Waals surface area contributed by atoms with Gasteiger partial charge in [-0.05, 0) is 32.4 Å². The summed E-state index contributed by atoms with van der Waals surface area (Å²) in [7, 11) is 0. The Morgan fingerprint density at radius 3 is 2.47 bits per heavy atom. The Kier molecular flexibility index (Phi) is 3.33. The molecule has 6 heteroatoms. The summed E-state index contributed by atoms with van der Waals surface area (Å²) in [6, 6.07) is 1.88. The van der Waals surface area contributed by atoms with Crippen molar-refractivity contribution in [3.63, 3.8) is 0 Å². The average molecular weight is 265 g/mol. The first-order valence-electron chi connectivity index (χ1n) is 5.68. The predicted octanol–water partition coefficient (Wildman–Crippen LogP) is 2.87. The van der Waals surface area contributed by atoms with Gasteiger partial charge in [0.05, 0.1) is 5.56 Å². The Bertz CT molecular complexity index is 650. The summed E-state index contributed by atoms with van der Waals surface area (Å²) in [5, 5.41) is 9.10. The standard InChI is InChI=1S/C13H13F2N3O/c1-6-4-9(11(15)5-10(6)14)13(19)16-12-7(2)8(3)17-18-12/h4-5H,1-3H3,(H2,16,17,18,19). The van der Waals surface area contributed by atoms with Crippen LogP contribution in [0.3, 0.4) is 0 Å². The van der Waals surface area contributed by atoms with Gasteiger partial charge in [-0.15, -0.1) is 0 Å². The van der Waals surface area contributed by atoms with Crippen LogP contribution >= 0.6 is 0 Å². The number of amides is 1. The zero-order valence-electron chi connectivity index (χ0n) is 10.8. The van der Waals surface area contributed by atoms with Crippen LogP contribution in [0, 0.1) is 32.4 Å². The lowest BCUT2D eigenvalue weighted by Crippen LogP contribution is -2.15. The molecule has 0 fully saturated rings. The number of halogens is 2. The van der Waals surface area contributed by atoms with E-state index in [4.69, 9.17) is 0 Å². The van der Waals surface area contributed by atoms with Crippen LogP contribution in [-0.4, -0.2) is 16.1 Å². The molecule has 2 aromatic rings. The fourth-order valence-electron chi connectivity index (χ4n) is 1.61. The largest absolute Gasteiger partial charge is 0.305 e. The van der Waals surface area contributed by atoms with E-state index in [-0.39, 0.29) is 11.1 Å². The van der Waals surface area contributed by atoms with Gasteiger partial charge in [0.25, 0.3) is 5.91 Å². The molecule has 1 heterocycles. The Labute approximate surface area is 108 Å². The molecule has 1 amide bonds. The Balaban J connectivity index is 2.30. The zero-order chi connectivity index (χ0) is 14.2. The van der Waals surface area contributed by atoms with Gasteiger partial charge in [-0.2, -0.15) is 5.10 Å². The van der Waals surface area contributed by atoms with E-state index in [9.17, 15) is 13.6 Å². The van der Waals surface area contributed by atoms with Gasteiger partial charge in [-0.3, -0.25) is 9.89 Å². The molecule has 0 aliphatic rings. The number of hydrogen-bond acceptors (Lipinski definition) is 2. The molecule has 2 rings (SSSR count). The van der Waals surface area contributed by atoms with Crippen molar-refractivity contribution in [2.45, 2.75) is 20.8 Å². The smallest absolute Gasteiger partial charge is 0.259 e. The molecule has 2 N–H and O–H groups in total. The summed E-state index contributed by atoms with van der Waals surface area (Å²) in [5.41, 5.74) is 1.58. The Morgan fingerprint density at radius 1 is 1.21 bits per heavy atom. The Morgan fingerprint density at radius 2 is 1.89 bits per heavy atom. The Hall–Kier alpha value is -2.24. The molecule has 0 unspecified atom stereocenters. The van der Waals surface area contributed by atoms with E-state index >= 15 is 0 Å². The number of anilines is 1. The minimum absolute atomic E-state index is 0.209. The minimum atomic E-state index is -0.898. The number of nitrogens with zero attached hydrogens (tertiary/aromatic N) is 1. The maximum Gasteiger partial charge on any atom is 0.259 e. The van der Waals surface area contributed by atoms with Crippen LogP contribution in [0.15, 0.2) is 12.1 Å². The molecule has 0 spiro atoms. The second kappa shape index (κ2) is 4.79. The highest BCUT2D eigenvalue weighted by molar-refractivity contribution is 6.04. The van der Waals surface area contributed by atoms with E-state index < -0.39 is 17.5 Å². The van der Waals surface area contributed by atoms with Crippen molar-refractivity contribution in [3.8, 4) is 0 Å². The number of aromatic nitrogens is 2. The molecule has 4 nitrogen and oxygen atoms in total. The third kappa shape index (κ3) is 2.47. The summed E-state index contributed by atoms with van der Waals surface area (Å²) >= 11 is 0. The summed E-state index contributed by atoms with van der Waals surface area (Å²) < 4.78 is 26.7. The third-order valence-corrected chi connectivity index (χ3v) is 2.98. The molecule has 0 aliphatic heterocycles. The molecular weight excluding hydrogens is 252 g/mol. The van der Waals surface area contributed by atoms with Crippen molar-refractivity contribution in [1.29, 1.82) is 0 Å². The molecule has 0 aliphatic carbocycles. The number of benzene rings is 1. The molecule has 0 bridgehead atoms. The van der Waals surface area contributed by atoms with Gasteiger partial charge in [0.15, 0.2) is 5.82 Å². The van der Waals surface area contributed by atoms with Gasteiger partial charge < -0.3 is 5.32 Å². The lowest BCUT2D eigenvalue weighted by molar-refractivity contribution is 0.102. The van der Waals surface area contributed by atoms with Gasteiger partial charge in [-0.1, -0.05) is 0 Å². The number of nitrogens with one attached hydrogen (secondary N) is 2. The van der Waals surface area contributed by atoms with Crippen molar-refractivity contribution in [2.75, 3.05) is 5.32 Å². The van der Waals surface area contributed by atoms with E-state index in [2.05, 4.69) is 15.5 Å². The van der Waals surface area contributed by atoms with Gasteiger partial charge in [0, 0.05) is 17.3 Å². The van der Waals surface area contributed by atoms with Crippen LogP contribution in [0.25, 0.3) is 0 Å². The van der Waals surface area contributed by atoms with Gasteiger partial charge in [-0.25, -0.2) is 8.78 Å². The highest BCUT2D eigenvalue weighted by Gasteiger charge is 2.16. The fraction of sp³-hybridized carbons (Fsp3) is 0.231. The van der Waals surface area contributed by atoms with Crippen LogP contribution in [-0.2, 0) is 0 Å². The first-order valence-corrected chi connectivity index (χ1v) is 5.68. The SMILES string of the molecule is Cc1cc(C(=O)Nc2n[nH]c(C)c2C)c(F)cc1F. The maximum atomic E-state index is 13.6. The second-order valence-corrected chi connectivity index (χ2v) is 4.36. The average Bonchev–Trinajstić information content (AvgIpc) is 2.65. The number of rotatable bonds is 2. The number of carbonyl (C=O) groups excluding carboxylic acids is 1. The second-order valence-electron chi connectivity index (χ2n) is 4.36. The van der Waals surface area contributed by atoms with Crippen LogP contribution in [0.4, 0.5) is 14.6 Å². The molecule has 0 atom stereocenters. The van der Waals surface area contributed by atoms with E-state index in [1.807, 2.05) is 0 Å². The van der Waals surface area contributed by atoms with Crippen molar-refractivity contribution in [3.05, 3.63) is 46.2 Å². The molecule has 1 aromatic heterocycles. The van der Waals surface area contributed by atoms with Crippen LogP contribution in [0.5, 0.6) is 0 Å². The van der Waals surface area contributed by atoms with Gasteiger partial charge >= 0.3 is 0 Å². The van der Waals surface area contributed by atoms with Gasteiger partial charge in [0.1, 0.15) is 11.6 Å². The first-order chi connectivity index (χ1) is 8.90. The third-order valence-electron chi connectivity index (χ3n) is 2.98. The molecule has 0 radical (unpaired) electrons. The van der Waals surface area contributed by atoms with Crippen molar-refractivity contribution in [2.24, 2.45) is 0 Å². The zero-order valence-corrected chi connectivity index (χ0v) is 10.8. The number of H-pyrrole nitrogens is 1. The lowest BCUT2D eigenvalue weighted by Gasteiger charge is -2.06. The number of carbonyl (C=O) groups is 1. The van der Waals surface area contributed by atoms with Crippen molar-refractivity contribution in [1.82, 2.24) is 10.2 Å². The fourth-order valence-corrected chi connectivity index (χ4v) is 1.61. The molecule has 0 saturated heterocycles. The summed E-state index contributed by atoms with van der Waals surface area (Å²) in [6.07, 6.45) is 0. The number of aryl methyl sites for hydroxylation is 2. The van der Waals surface area contributed by atoms with Gasteiger partial charge in [0.2, 0.25) is 0 Å². The molecule has 0 saturated carbocycles. The lowest BCUT2D eigenvalue weighted by atomic mass is 10.1. The summed E-state index contributed by atoms with van der Waals surface area (Å²) in [4.78, 5) is 11.9. The van der Waals surface area contributed by atoms with Crippen LogP contribution < -0.4 is 5.32 Å². The van der Waals surface area contributed by atoms with Crippen LogP contribution in [0.2, 0.25) is 0 Å². The summed E-state index contributed by atoms with van der Waals surface area (Å²) in [6.45, 7) is 5.05. The number of aromatic amines is 1. The van der Waals surface area contributed by atoms with Crippen LogP contribution in [0.1, 0.15) is 27.2 Å². The number of hydrogen-bond donors (Lipinski definition) is 2. The summed E-state index contributed by atoms with van der Waals surface area (Å²) in [5.74, 6) is -1.90. The molecule has 19 heavy (non-hydrogen) atoms. The normalized spacial score (nSPS) is 10.6. The van der Waals surface area contributed by atoms with Crippen molar-refractivity contribution < 1.29 is 13.6 Å². The highest BCUT2D eigenvalue weighted by atomic mass is 19.1.